The van der Waals surface area contributed by atoms with Crippen molar-refractivity contribution < 1.29 is 4.74 Å². The van der Waals surface area contributed by atoms with E-state index in [1.807, 2.05) is 10.9 Å². The number of nitrogens with one attached hydrogen (secondary N) is 1. The summed E-state index contributed by atoms with van der Waals surface area (Å²) < 4.78 is 8.87. The van der Waals surface area contributed by atoms with Crippen LogP contribution < -0.4 is 11.3 Å². The van der Waals surface area contributed by atoms with Gasteiger partial charge in [0.25, 0.3) is 0 Å². The molecule has 5 nitrogen and oxygen atoms in total. The number of ether oxygens (including phenoxy) is 1. The molecule has 1 saturated carbocycles. The molecule has 19 heavy (non-hydrogen) atoms. The summed E-state index contributed by atoms with van der Waals surface area (Å²) in [5, 5.41) is 4.43. The van der Waals surface area contributed by atoms with E-state index in [-0.39, 0.29) is 11.6 Å². The molecule has 1 aliphatic rings. The highest BCUT2D eigenvalue weighted by molar-refractivity contribution is 9.10. The Kier molecular flexibility index (Phi) is 5.00. The zero-order chi connectivity index (χ0) is 13.9. The van der Waals surface area contributed by atoms with Crippen molar-refractivity contribution >= 4 is 15.9 Å². The summed E-state index contributed by atoms with van der Waals surface area (Å²) in [5.74, 6) is 5.85. The lowest BCUT2D eigenvalue weighted by molar-refractivity contribution is -0.0393. The Hall–Kier alpha value is -0.430. The minimum absolute atomic E-state index is 0.0385. The Morgan fingerprint density at radius 3 is 2.79 bits per heavy atom. The van der Waals surface area contributed by atoms with Gasteiger partial charge < -0.3 is 4.74 Å². The molecule has 0 amide bonds. The van der Waals surface area contributed by atoms with Gasteiger partial charge in [-0.3, -0.25) is 10.5 Å². The lowest BCUT2D eigenvalue weighted by atomic mass is 9.90. The van der Waals surface area contributed by atoms with E-state index in [4.69, 9.17) is 10.6 Å². The third-order valence-electron chi connectivity index (χ3n) is 4.09. The summed E-state index contributed by atoms with van der Waals surface area (Å²) in [6.45, 7) is 3.03. The largest absolute Gasteiger partial charge is 0.376 e. The topological polar surface area (TPSA) is 65.1 Å². The van der Waals surface area contributed by atoms with Gasteiger partial charge in [-0.05, 0) is 35.2 Å². The maximum Gasteiger partial charge on any atom is 0.0929 e. The van der Waals surface area contributed by atoms with E-state index in [2.05, 4.69) is 33.4 Å². The normalized spacial score (nSPS) is 19.8. The second-order valence-corrected chi connectivity index (χ2v) is 6.03. The molecule has 1 aromatic rings. The summed E-state index contributed by atoms with van der Waals surface area (Å²) in [6.07, 6.45) is 7.31. The highest BCUT2D eigenvalue weighted by Crippen LogP contribution is 2.43. The van der Waals surface area contributed by atoms with Gasteiger partial charge in [-0.1, -0.05) is 19.8 Å². The van der Waals surface area contributed by atoms with E-state index in [1.165, 1.54) is 12.8 Å². The molecule has 1 aliphatic carbocycles. The lowest BCUT2D eigenvalue weighted by Gasteiger charge is -2.36. The molecular weight excluding hydrogens is 308 g/mol. The fourth-order valence-corrected chi connectivity index (χ4v) is 3.64. The SMILES string of the molecule is CCCn1ncc(Br)c1C(NN)C1(OC)CCCC1. The molecule has 1 atom stereocenters. The van der Waals surface area contributed by atoms with Gasteiger partial charge in [-0.2, -0.15) is 5.10 Å². The number of rotatable bonds is 6. The first-order valence-corrected chi connectivity index (χ1v) is 7.70. The number of nitrogens with two attached hydrogens (primary N) is 1. The second-order valence-electron chi connectivity index (χ2n) is 5.18. The lowest BCUT2D eigenvalue weighted by Crippen LogP contribution is -2.47. The van der Waals surface area contributed by atoms with Crippen molar-refractivity contribution in [3.8, 4) is 0 Å². The molecule has 3 N–H and O–H groups in total. The number of methoxy groups -OCH3 is 1. The fourth-order valence-electron chi connectivity index (χ4n) is 3.11. The minimum atomic E-state index is -0.219. The molecule has 0 radical (unpaired) electrons. The highest BCUT2D eigenvalue weighted by Gasteiger charge is 2.44. The molecule has 2 rings (SSSR count). The molecule has 1 unspecified atom stereocenters. The van der Waals surface area contributed by atoms with Gasteiger partial charge in [0.1, 0.15) is 0 Å². The summed E-state index contributed by atoms with van der Waals surface area (Å²) in [6, 6.07) is -0.0385. The Bertz CT molecular complexity index is 415. The van der Waals surface area contributed by atoms with Crippen molar-refractivity contribution in [2.24, 2.45) is 5.84 Å². The number of halogens is 1. The van der Waals surface area contributed by atoms with Gasteiger partial charge >= 0.3 is 0 Å². The van der Waals surface area contributed by atoms with Crippen LogP contribution in [-0.4, -0.2) is 22.5 Å². The van der Waals surface area contributed by atoms with Crippen LogP contribution >= 0.6 is 15.9 Å². The maximum absolute atomic E-state index is 5.86. The van der Waals surface area contributed by atoms with Crippen LogP contribution in [0, 0.1) is 0 Å². The van der Waals surface area contributed by atoms with Crippen molar-refractivity contribution in [1.29, 1.82) is 0 Å². The molecule has 0 spiro atoms. The van der Waals surface area contributed by atoms with Gasteiger partial charge in [-0.25, -0.2) is 5.43 Å². The number of hydrazine groups is 1. The van der Waals surface area contributed by atoms with Gasteiger partial charge in [0, 0.05) is 13.7 Å². The Morgan fingerprint density at radius 2 is 2.26 bits per heavy atom. The van der Waals surface area contributed by atoms with Crippen LogP contribution in [0.25, 0.3) is 0 Å². The number of hydrogen-bond acceptors (Lipinski definition) is 4. The second kappa shape index (κ2) is 6.35. The Balaban J connectivity index is 2.38. The molecule has 6 heteroatoms. The van der Waals surface area contributed by atoms with Gasteiger partial charge in [0.05, 0.1) is 28.0 Å². The summed E-state index contributed by atoms with van der Waals surface area (Å²) in [7, 11) is 1.78. The quantitative estimate of drug-likeness (QED) is 0.621. The van der Waals surface area contributed by atoms with Gasteiger partial charge in [-0.15, -0.1) is 0 Å². The molecule has 1 fully saturated rings. The van der Waals surface area contributed by atoms with Gasteiger partial charge in [0.2, 0.25) is 0 Å². The number of aryl methyl sites for hydroxylation is 1. The van der Waals surface area contributed by atoms with Crippen LogP contribution in [0.15, 0.2) is 10.7 Å². The zero-order valence-corrected chi connectivity index (χ0v) is 13.2. The van der Waals surface area contributed by atoms with Crippen molar-refractivity contribution in [2.75, 3.05) is 7.11 Å². The van der Waals surface area contributed by atoms with Crippen molar-refractivity contribution in [3.63, 3.8) is 0 Å². The Morgan fingerprint density at radius 1 is 1.58 bits per heavy atom. The average molecular weight is 331 g/mol. The fraction of sp³-hybridized carbons (Fsp3) is 0.769. The van der Waals surface area contributed by atoms with Crippen molar-refractivity contribution in [3.05, 3.63) is 16.4 Å². The van der Waals surface area contributed by atoms with Crippen LogP contribution in [-0.2, 0) is 11.3 Å². The number of aromatic nitrogens is 2. The van der Waals surface area contributed by atoms with E-state index in [0.717, 1.165) is 36.0 Å². The van der Waals surface area contributed by atoms with E-state index in [0.29, 0.717) is 0 Å². The van der Waals surface area contributed by atoms with E-state index in [9.17, 15) is 0 Å². The molecule has 1 heterocycles. The summed E-state index contributed by atoms with van der Waals surface area (Å²) in [4.78, 5) is 0. The van der Waals surface area contributed by atoms with E-state index >= 15 is 0 Å². The highest BCUT2D eigenvalue weighted by atomic mass is 79.9. The van der Waals surface area contributed by atoms with E-state index < -0.39 is 0 Å². The smallest absolute Gasteiger partial charge is 0.0929 e. The third kappa shape index (κ3) is 2.72. The molecule has 0 aromatic carbocycles. The van der Waals surface area contributed by atoms with Crippen LogP contribution in [0.5, 0.6) is 0 Å². The summed E-state index contributed by atoms with van der Waals surface area (Å²) >= 11 is 3.59. The molecule has 0 saturated heterocycles. The predicted octanol–water partition coefficient (Wildman–Crippen LogP) is 2.52. The zero-order valence-electron chi connectivity index (χ0n) is 11.7. The minimum Gasteiger partial charge on any atom is -0.376 e. The standard InChI is InChI=1S/C13H23BrN4O/c1-3-8-18-11(10(14)9-16-18)12(17-15)13(19-2)6-4-5-7-13/h9,12,17H,3-8,15H2,1-2H3. The first-order valence-electron chi connectivity index (χ1n) is 6.91. The van der Waals surface area contributed by atoms with Crippen molar-refractivity contribution in [1.82, 2.24) is 15.2 Å². The molecule has 108 valence electrons. The predicted molar refractivity (Wildman–Crippen MR) is 78.5 cm³/mol. The molecule has 0 aliphatic heterocycles. The molecule has 0 bridgehead atoms. The summed E-state index contributed by atoms with van der Waals surface area (Å²) in [5.41, 5.74) is 3.83. The molecular formula is C13H23BrN4O. The van der Waals surface area contributed by atoms with E-state index in [1.54, 1.807) is 7.11 Å². The van der Waals surface area contributed by atoms with Gasteiger partial charge in [0.15, 0.2) is 0 Å². The van der Waals surface area contributed by atoms with Crippen LogP contribution in [0.3, 0.4) is 0 Å². The van der Waals surface area contributed by atoms with Crippen molar-refractivity contribution in [2.45, 2.75) is 57.2 Å². The number of nitrogens with zero attached hydrogens (tertiary/aromatic N) is 2. The Labute approximate surface area is 123 Å². The third-order valence-corrected chi connectivity index (χ3v) is 4.70. The average Bonchev–Trinajstić information content (AvgIpc) is 3.02. The molecule has 1 aromatic heterocycles. The first kappa shape index (κ1) is 15.0. The van der Waals surface area contributed by atoms with Crippen LogP contribution in [0.4, 0.5) is 0 Å². The monoisotopic (exact) mass is 330 g/mol. The maximum atomic E-state index is 5.86. The van der Waals surface area contributed by atoms with Crippen LogP contribution in [0.2, 0.25) is 0 Å². The first-order chi connectivity index (χ1) is 9.18. The number of hydrogen-bond donors (Lipinski definition) is 2. The van der Waals surface area contributed by atoms with Crippen LogP contribution in [0.1, 0.15) is 50.8 Å².